The van der Waals surface area contributed by atoms with E-state index in [2.05, 4.69) is 4.98 Å². The number of carboxylic acid groups (broad SMARTS) is 1. The maximum Gasteiger partial charge on any atom is 0.311 e. The van der Waals surface area contributed by atoms with Crippen LogP contribution in [0, 0.1) is 5.41 Å². The van der Waals surface area contributed by atoms with Crippen molar-refractivity contribution in [1.82, 2.24) is 9.88 Å². The van der Waals surface area contributed by atoms with Crippen LogP contribution in [0.1, 0.15) is 25.5 Å². The van der Waals surface area contributed by atoms with Gasteiger partial charge in [0, 0.05) is 37.2 Å². The van der Waals surface area contributed by atoms with Crippen molar-refractivity contribution in [3.8, 4) is 0 Å². The Morgan fingerprint density at radius 3 is 2.90 bits per heavy atom. The third kappa shape index (κ3) is 4.20. The van der Waals surface area contributed by atoms with Gasteiger partial charge in [-0.1, -0.05) is 6.07 Å². The first-order valence-electron chi connectivity index (χ1n) is 7.00. The van der Waals surface area contributed by atoms with E-state index in [9.17, 15) is 9.59 Å². The van der Waals surface area contributed by atoms with Crippen molar-refractivity contribution in [1.29, 1.82) is 0 Å². The lowest BCUT2D eigenvalue weighted by Crippen LogP contribution is -2.35. The van der Waals surface area contributed by atoms with Gasteiger partial charge < -0.3 is 10.0 Å². The fourth-order valence-corrected chi connectivity index (χ4v) is 3.17. The number of hydrogen-bond acceptors (Lipinski definition) is 4. The summed E-state index contributed by atoms with van der Waals surface area (Å²) in [7, 11) is 0. The summed E-state index contributed by atoms with van der Waals surface area (Å²) in [6.45, 7) is 2.58. The van der Waals surface area contributed by atoms with Gasteiger partial charge in [0.1, 0.15) is 0 Å². The number of thioether (sulfide) groups is 1. The number of carboxylic acids is 1. The molecule has 0 radical (unpaired) electrons. The average Bonchev–Trinajstić information content (AvgIpc) is 2.89. The highest BCUT2D eigenvalue weighted by Gasteiger charge is 2.41. The Bertz CT molecular complexity index is 509. The first-order chi connectivity index (χ1) is 10.0. The number of hydrogen-bond donors (Lipinski definition) is 1. The molecule has 1 N–H and O–H groups in total. The Kier molecular flexibility index (Phi) is 5.22. The molecule has 1 saturated heterocycles. The summed E-state index contributed by atoms with van der Waals surface area (Å²) >= 11 is 1.67. The minimum absolute atomic E-state index is 0.0495. The molecule has 1 aromatic heterocycles. The van der Waals surface area contributed by atoms with Gasteiger partial charge in [-0.05, 0) is 25.5 Å². The van der Waals surface area contributed by atoms with Crippen LogP contribution >= 0.6 is 11.8 Å². The van der Waals surface area contributed by atoms with Crippen molar-refractivity contribution in [2.45, 2.75) is 25.5 Å². The zero-order valence-corrected chi connectivity index (χ0v) is 12.9. The molecule has 0 aliphatic carbocycles. The molecule has 114 valence electrons. The molecule has 1 aromatic rings. The van der Waals surface area contributed by atoms with E-state index in [0.29, 0.717) is 25.9 Å². The molecule has 5 nitrogen and oxygen atoms in total. The van der Waals surface area contributed by atoms with Crippen LogP contribution in [0.4, 0.5) is 0 Å². The van der Waals surface area contributed by atoms with Crippen LogP contribution in [0.25, 0.3) is 0 Å². The van der Waals surface area contributed by atoms with Gasteiger partial charge in [-0.15, -0.1) is 0 Å². The number of nitrogens with zero attached hydrogens (tertiary/aromatic N) is 2. The zero-order chi connectivity index (χ0) is 15.3. The molecule has 1 atom stereocenters. The van der Waals surface area contributed by atoms with Crippen molar-refractivity contribution in [3.05, 3.63) is 30.1 Å². The van der Waals surface area contributed by atoms with E-state index in [1.54, 1.807) is 29.8 Å². The van der Waals surface area contributed by atoms with Crippen molar-refractivity contribution in [2.75, 3.05) is 18.8 Å². The van der Waals surface area contributed by atoms with Gasteiger partial charge >= 0.3 is 5.97 Å². The minimum atomic E-state index is -0.817. The van der Waals surface area contributed by atoms with E-state index in [1.807, 2.05) is 18.2 Å². The Morgan fingerprint density at radius 2 is 2.29 bits per heavy atom. The second-order valence-electron chi connectivity index (χ2n) is 5.55. The molecule has 1 fully saturated rings. The Hall–Kier alpha value is -1.56. The largest absolute Gasteiger partial charge is 0.481 e. The molecule has 1 aliphatic heterocycles. The topological polar surface area (TPSA) is 70.5 Å². The van der Waals surface area contributed by atoms with E-state index in [4.69, 9.17) is 5.11 Å². The summed E-state index contributed by atoms with van der Waals surface area (Å²) in [6.07, 6.45) is 2.75. The summed E-state index contributed by atoms with van der Waals surface area (Å²) in [5.41, 5.74) is 0.228. The van der Waals surface area contributed by atoms with E-state index < -0.39 is 11.4 Å². The van der Waals surface area contributed by atoms with Gasteiger partial charge in [0.05, 0.1) is 11.1 Å². The standard InChI is InChI=1S/C15H20N2O3S/c1-15(14(19)20)6-8-17(11-15)13(18)5-9-21-10-12-4-2-3-7-16-12/h2-4,7H,5-6,8-11H2,1H3,(H,19,20). The van der Waals surface area contributed by atoms with Gasteiger partial charge in [0.2, 0.25) is 5.91 Å². The van der Waals surface area contributed by atoms with Gasteiger partial charge in [0.25, 0.3) is 0 Å². The number of carbonyl (C=O) groups excluding carboxylic acids is 1. The summed E-state index contributed by atoms with van der Waals surface area (Å²) in [5.74, 6) is 0.757. The highest BCUT2D eigenvalue weighted by Crippen LogP contribution is 2.30. The number of rotatable bonds is 6. The molecule has 1 unspecified atom stereocenters. The number of carbonyl (C=O) groups is 2. The summed E-state index contributed by atoms with van der Waals surface area (Å²) in [4.78, 5) is 29.1. The van der Waals surface area contributed by atoms with Crippen molar-refractivity contribution >= 4 is 23.6 Å². The molecule has 1 amide bonds. The fourth-order valence-electron chi connectivity index (χ4n) is 2.33. The summed E-state index contributed by atoms with van der Waals surface area (Å²) in [6, 6.07) is 5.79. The summed E-state index contributed by atoms with van der Waals surface area (Å²) < 4.78 is 0. The molecule has 0 aromatic carbocycles. The molecule has 0 saturated carbocycles. The van der Waals surface area contributed by atoms with Crippen molar-refractivity contribution in [2.24, 2.45) is 5.41 Å². The highest BCUT2D eigenvalue weighted by molar-refractivity contribution is 7.98. The third-order valence-electron chi connectivity index (χ3n) is 3.78. The van der Waals surface area contributed by atoms with Crippen molar-refractivity contribution < 1.29 is 14.7 Å². The zero-order valence-electron chi connectivity index (χ0n) is 12.1. The lowest BCUT2D eigenvalue weighted by molar-refractivity contribution is -0.147. The maximum absolute atomic E-state index is 12.1. The predicted molar refractivity (Wildman–Crippen MR) is 82.0 cm³/mol. The van der Waals surface area contributed by atoms with Crippen LogP contribution < -0.4 is 0 Å². The van der Waals surface area contributed by atoms with Crippen LogP contribution in [-0.4, -0.2) is 45.7 Å². The number of pyridine rings is 1. The molecular weight excluding hydrogens is 288 g/mol. The maximum atomic E-state index is 12.1. The molecule has 21 heavy (non-hydrogen) atoms. The van der Waals surface area contributed by atoms with Crippen LogP contribution in [0.5, 0.6) is 0 Å². The lowest BCUT2D eigenvalue weighted by atomic mass is 9.90. The Labute approximate surface area is 128 Å². The van der Waals surface area contributed by atoms with Crippen LogP contribution in [0.2, 0.25) is 0 Å². The van der Waals surface area contributed by atoms with Gasteiger partial charge in [-0.25, -0.2) is 0 Å². The number of aromatic nitrogens is 1. The molecule has 0 bridgehead atoms. The molecule has 0 spiro atoms. The van der Waals surface area contributed by atoms with E-state index in [1.165, 1.54) is 0 Å². The average molecular weight is 308 g/mol. The van der Waals surface area contributed by atoms with Crippen LogP contribution in [0.3, 0.4) is 0 Å². The molecular formula is C15H20N2O3S. The third-order valence-corrected chi connectivity index (χ3v) is 4.77. The quantitative estimate of drug-likeness (QED) is 0.814. The van der Waals surface area contributed by atoms with Crippen LogP contribution in [0.15, 0.2) is 24.4 Å². The van der Waals surface area contributed by atoms with E-state index in [0.717, 1.165) is 17.2 Å². The minimum Gasteiger partial charge on any atom is -0.481 e. The number of likely N-dealkylation sites (tertiary alicyclic amines) is 1. The lowest BCUT2D eigenvalue weighted by Gasteiger charge is -2.20. The highest BCUT2D eigenvalue weighted by atomic mass is 32.2. The van der Waals surface area contributed by atoms with Gasteiger partial charge in [-0.2, -0.15) is 11.8 Å². The molecule has 2 rings (SSSR count). The molecule has 2 heterocycles. The van der Waals surface area contributed by atoms with E-state index >= 15 is 0 Å². The fraction of sp³-hybridized carbons (Fsp3) is 0.533. The predicted octanol–water partition coefficient (Wildman–Crippen LogP) is 2.03. The first-order valence-corrected chi connectivity index (χ1v) is 8.15. The second-order valence-corrected chi connectivity index (χ2v) is 6.66. The van der Waals surface area contributed by atoms with Gasteiger partial charge in [-0.3, -0.25) is 14.6 Å². The van der Waals surface area contributed by atoms with Crippen LogP contribution in [-0.2, 0) is 15.3 Å². The summed E-state index contributed by atoms with van der Waals surface area (Å²) in [5, 5.41) is 9.16. The smallest absolute Gasteiger partial charge is 0.311 e. The number of aliphatic carboxylic acids is 1. The first kappa shape index (κ1) is 15.8. The second kappa shape index (κ2) is 6.93. The number of amides is 1. The van der Waals surface area contributed by atoms with Crippen molar-refractivity contribution in [3.63, 3.8) is 0 Å². The van der Waals surface area contributed by atoms with Gasteiger partial charge in [0.15, 0.2) is 0 Å². The normalized spacial score (nSPS) is 21.5. The molecule has 6 heteroatoms. The molecule has 1 aliphatic rings. The Balaban J connectivity index is 1.70. The monoisotopic (exact) mass is 308 g/mol. The SMILES string of the molecule is CC1(C(=O)O)CCN(C(=O)CCSCc2ccccn2)C1. The Morgan fingerprint density at radius 1 is 1.48 bits per heavy atom. The van der Waals surface area contributed by atoms with E-state index in [-0.39, 0.29) is 5.91 Å².